The number of H-pyrrole nitrogens is 1. The van der Waals surface area contributed by atoms with Crippen molar-refractivity contribution in [3.05, 3.63) is 16.4 Å². The van der Waals surface area contributed by atoms with Crippen LogP contribution >= 0.6 is 0 Å². The average molecular weight is 132 g/mol. The summed E-state index contributed by atoms with van der Waals surface area (Å²) >= 11 is 0. The monoisotopic (exact) mass is 132 g/mol. The molecule has 0 unspecified atom stereocenters. The van der Waals surface area contributed by atoms with Crippen molar-refractivity contribution in [3.63, 3.8) is 0 Å². The van der Waals surface area contributed by atoms with Crippen molar-refractivity contribution >= 4 is 0 Å². The molecule has 0 aromatic carbocycles. The van der Waals surface area contributed by atoms with Crippen LogP contribution in [0.3, 0.4) is 0 Å². The Bertz CT molecular complexity index is 205. The minimum absolute atomic E-state index is 0. The molecule has 9 heavy (non-hydrogen) atoms. The number of nitrogens with one attached hydrogen (secondary N) is 1. The van der Waals surface area contributed by atoms with Crippen LogP contribution in [0.2, 0.25) is 0 Å². The van der Waals surface area contributed by atoms with Gasteiger partial charge in [-0.2, -0.15) is 0 Å². The minimum Gasteiger partial charge on any atom is -0.393 e. The summed E-state index contributed by atoms with van der Waals surface area (Å²) in [5, 5.41) is 5.51. The molecule has 0 amide bonds. The summed E-state index contributed by atoms with van der Waals surface area (Å²) in [6.07, 6.45) is 0. The van der Waals surface area contributed by atoms with Gasteiger partial charge in [0.1, 0.15) is 0 Å². The lowest BCUT2D eigenvalue weighted by molar-refractivity contribution is 0.483. The van der Waals surface area contributed by atoms with Crippen LogP contribution in [0.5, 0.6) is 0 Å². The first-order valence-corrected chi connectivity index (χ1v) is 2.81. The van der Waals surface area contributed by atoms with Crippen LogP contribution in [0.1, 0.15) is 21.2 Å². The van der Waals surface area contributed by atoms with E-state index in [0.717, 1.165) is 0 Å². The molecule has 0 aliphatic rings. The van der Waals surface area contributed by atoms with Crippen LogP contribution in [0.4, 0.5) is 0 Å². The highest BCUT2D eigenvalue weighted by Crippen LogP contribution is 1.76. The number of rotatable bonds is 0. The maximum absolute atomic E-state index is 10.0. The minimum atomic E-state index is -0.502. The van der Waals surface area contributed by atoms with Crippen LogP contribution < -0.4 is 5.76 Å². The molecule has 0 saturated carbocycles. The number of nitrogens with zero attached hydrogens (tertiary/aromatic N) is 1. The maximum Gasteiger partial charge on any atom is 0.434 e. The third-order valence-corrected chi connectivity index (χ3v) is 0.545. The summed E-state index contributed by atoms with van der Waals surface area (Å²) in [6, 6.07) is 0. The molecule has 4 heteroatoms. The van der Waals surface area contributed by atoms with Gasteiger partial charge >= 0.3 is 5.76 Å². The zero-order valence-electron chi connectivity index (χ0n) is 5.76. The molecule has 1 aromatic rings. The fraction of sp³-hybridized carbons (Fsp3) is 0.600. The molecule has 0 spiro atoms. The highest BCUT2D eigenvalue weighted by molar-refractivity contribution is 4.61. The topological polar surface area (TPSA) is 58.9 Å². The largest absolute Gasteiger partial charge is 0.434 e. The van der Waals surface area contributed by atoms with E-state index in [1.807, 2.05) is 13.8 Å². The van der Waals surface area contributed by atoms with Crippen molar-refractivity contribution in [1.82, 2.24) is 10.2 Å². The lowest BCUT2D eigenvalue weighted by atomic mass is 10.8. The van der Waals surface area contributed by atoms with Gasteiger partial charge in [-0.1, -0.05) is 13.8 Å². The van der Waals surface area contributed by atoms with E-state index in [1.54, 1.807) is 6.92 Å². The standard InChI is InChI=1S/C3H4N2O2.C2H6.H2/c1-2-4-5-3(6)7-2;1-2;/h1H3,(H,5,6);1-2H3;1H. The number of hydrogen-bond donors (Lipinski definition) is 1. The predicted octanol–water partition coefficient (Wildman–Crippen LogP) is 0.944. The van der Waals surface area contributed by atoms with E-state index in [9.17, 15) is 4.79 Å². The predicted molar refractivity (Wildman–Crippen MR) is 35.3 cm³/mol. The van der Waals surface area contributed by atoms with E-state index in [4.69, 9.17) is 0 Å². The Morgan fingerprint density at radius 2 is 2.22 bits per heavy atom. The summed E-state index contributed by atoms with van der Waals surface area (Å²) in [6.45, 7) is 5.60. The van der Waals surface area contributed by atoms with Crippen LogP contribution in [0.25, 0.3) is 0 Å². The number of aromatic nitrogens is 2. The molecule has 0 aliphatic heterocycles. The number of hydrogen-bond acceptors (Lipinski definition) is 3. The Hall–Kier alpha value is -1.06. The Morgan fingerprint density at radius 1 is 1.67 bits per heavy atom. The van der Waals surface area contributed by atoms with Crippen molar-refractivity contribution in [2.75, 3.05) is 0 Å². The molecule has 54 valence electrons. The Labute approximate surface area is 54.4 Å². The molecule has 0 aliphatic carbocycles. The lowest BCUT2D eigenvalue weighted by Gasteiger charge is -1.63. The van der Waals surface area contributed by atoms with Gasteiger partial charge in [0.15, 0.2) is 0 Å². The van der Waals surface area contributed by atoms with Gasteiger partial charge in [0.05, 0.1) is 0 Å². The third kappa shape index (κ3) is 2.69. The van der Waals surface area contributed by atoms with Gasteiger partial charge in [-0.3, -0.25) is 0 Å². The summed E-state index contributed by atoms with van der Waals surface area (Å²) in [4.78, 5) is 10.0. The molecule has 1 heterocycles. The highest BCUT2D eigenvalue weighted by Gasteiger charge is 1.86. The molecule has 0 atom stereocenters. The molecular formula is C5H12N2O2. The van der Waals surface area contributed by atoms with Gasteiger partial charge < -0.3 is 4.42 Å². The second kappa shape index (κ2) is 3.88. The second-order valence-corrected chi connectivity index (χ2v) is 1.13. The Balaban J connectivity index is 0. The summed E-state index contributed by atoms with van der Waals surface area (Å²) in [5.74, 6) is -0.137. The van der Waals surface area contributed by atoms with Gasteiger partial charge in [0.25, 0.3) is 0 Å². The molecule has 4 nitrogen and oxygen atoms in total. The summed E-state index contributed by atoms with van der Waals surface area (Å²) in [5.41, 5.74) is 0. The molecule has 1 N–H and O–H groups in total. The van der Waals surface area contributed by atoms with E-state index in [1.165, 1.54) is 0 Å². The molecule has 0 saturated heterocycles. The Kier molecular flexibility index (Phi) is 3.43. The molecule has 1 rings (SSSR count). The van der Waals surface area contributed by atoms with Crippen molar-refractivity contribution in [1.29, 1.82) is 0 Å². The van der Waals surface area contributed by atoms with Crippen LogP contribution in [0, 0.1) is 6.92 Å². The molecule has 1 aromatic heterocycles. The van der Waals surface area contributed by atoms with Crippen molar-refractivity contribution in [2.45, 2.75) is 20.8 Å². The van der Waals surface area contributed by atoms with Crippen LogP contribution in [0.15, 0.2) is 9.21 Å². The van der Waals surface area contributed by atoms with Crippen LogP contribution in [-0.4, -0.2) is 10.2 Å². The van der Waals surface area contributed by atoms with Crippen molar-refractivity contribution in [3.8, 4) is 0 Å². The third-order valence-electron chi connectivity index (χ3n) is 0.545. The van der Waals surface area contributed by atoms with E-state index >= 15 is 0 Å². The molecule has 0 bridgehead atoms. The zero-order chi connectivity index (χ0) is 7.28. The smallest absolute Gasteiger partial charge is 0.393 e. The number of aromatic amines is 1. The first-order chi connectivity index (χ1) is 4.29. The van der Waals surface area contributed by atoms with E-state index in [-0.39, 0.29) is 1.43 Å². The van der Waals surface area contributed by atoms with Gasteiger partial charge in [0, 0.05) is 8.35 Å². The first-order valence-electron chi connectivity index (χ1n) is 2.81. The summed E-state index contributed by atoms with van der Waals surface area (Å²) in [7, 11) is 0. The van der Waals surface area contributed by atoms with Gasteiger partial charge in [0.2, 0.25) is 5.89 Å². The highest BCUT2D eigenvalue weighted by atomic mass is 16.4. The van der Waals surface area contributed by atoms with E-state index in [0.29, 0.717) is 5.89 Å². The van der Waals surface area contributed by atoms with Crippen LogP contribution in [-0.2, 0) is 0 Å². The van der Waals surface area contributed by atoms with Gasteiger partial charge in [-0.25, -0.2) is 9.89 Å². The zero-order valence-corrected chi connectivity index (χ0v) is 5.76. The average Bonchev–Trinajstić information content (AvgIpc) is 2.20. The Morgan fingerprint density at radius 3 is 2.33 bits per heavy atom. The van der Waals surface area contributed by atoms with Crippen molar-refractivity contribution < 1.29 is 5.84 Å². The SMILES string of the molecule is CC.Cc1n[nH]c(=O)o1.[HH]. The maximum atomic E-state index is 10.0. The quantitative estimate of drug-likeness (QED) is 0.571. The normalized spacial score (nSPS) is 7.89. The lowest BCUT2D eigenvalue weighted by Crippen LogP contribution is -1.93. The van der Waals surface area contributed by atoms with Gasteiger partial charge in [-0.05, 0) is 0 Å². The van der Waals surface area contributed by atoms with Gasteiger partial charge in [-0.15, -0.1) is 5.10 Å². The molecular weight excluding hydrogens is 120 g/mol. The second-order valence-electron chi connectivity index (χ2n) is 1.13. The van der Waals surface area contributed by atoms with E-state index < -0.39 is 5.76 Å². The molecule has 0 fully saturated rings. The fourth-order valence-corrected chi connectivity index (χ4v) is 0.304. The fourth-order valence-electron chi connectivity index (χ4n) is 0.304. The van der Waals surface area contributed by atoms with E-state index in [2.05, 4.69) is 14.6 Å². The van der Waals surface area contributed by atoms with Crippen molar-refractivity contribution in [2.24, 2.45) is 0 Å². The molecule has 0 radical (unpaired) electrons. The number of aryl methyl sites for hydroxylation is 1. The summed E-state index contributed by atoms with van der Waals surface area (Å²) < 4.78 is 4.36. The first kappa shape index (κ1) is 7.94.